The molecule has 0 spiro atoms. The summed E-state index contributed by atoms with van der Waals surface area (Å²) in [6, 6.07) is 2.98. The van der Waals surface area contributed by atoms with E-state index in [2.05, 4.69) is 20.7 Å². The van der Waals surface area contributed by atoms with E-state index >= 15 is 0 Å². The number of nitrogens with zero attached hydrogens (tertiary/aromatic N) is 2. The maximum atomic E-state index is 14.1. The highest BCUT2D eigenvalue weighted by atomic mass is 32.1. The molecule has 0 saturated heterocycles. The molecule has 10 heteroatoms. The predicted octanol–water partition coefficient (Wildman–Crippen LogP) is 3.91. The van der Waals surface area contributed by atoms with Gasteiger partial charge in [0.1, 0.15) is 21.5 Å². The Kier molecular flexibility index (Phi) is 5.87. The van der Waals surface area contributed by atoms with Crippen molar-refractivity contribution in [2.45, 2.75) is 34.2 Å². The van der Waals surface area contributed by atoms with E-state index in [4.69, 9.17) is 11.6 Å². The minimum Gasteiger partial charge on any atom is -0.397 e. The molecular weight excluding hydrogens is 411 g/mol. The first-order chi connectivity index (χ1) is 13.6. The number of carbonyl (C=O) groups excluding carboxylic acids is 1. The van der Waals surface area contributed by atoms with Crippen molar-refractivity contribution < 1.29 is 9.18 Å². The van der Waals surface area contributed by atoms with Gasteiger partial charge < -0.3 is 16.5 Å². The van der Waals surface area contributed by atoms with E-state index in [1.54, 1.807) is 6.07 Å². The lowest BCUT2D eigenvalue weighted by atomic mass is 9.96. The van der Waals surface area contributed by atoms with Gasteiger partial charge in [-0.3, -0.25) is 10.6 Å². The lowest BCUT2D eigenvalue weighted by molar-refractivity contribution is -0.128. The lowest BCUT2D eigenvalue weighted by Gasteiger charge is -2.16. The van der Waals surface area contributed by atoms with Crippen LogP contribution >= 0.6 is 22.7 Å². The molecule has 3 rings (SSSR count). The van der Waals surface area contributed by atoms with Crippen molar-refractivity contribution in [3.63, 3.8) is 0 Å². The zero-order valence-electron chi connectivity index (χ0n) is 16.6. The molecule has 0 unspecified atom stereocenters. The topological polar surface area (TPSA) is 119 Å². The minimum absolute atomic E-state index is 0.0297. The quantitative estimate of drug-likeness (QED) is 0.275. The highest BCUT2D eigenvalue weighted by Crippen LogP contribution is 2.36. The second-order valence-corrected chi connectivity index (χ2v) is 9.50. The van der Waals surface area contributed by atoms with Crippen molar-refractivity contribution in [2.24, 2.45) is 11.3 Å². The molecule has 0 bridgehead atoms. The van der Waals surface area contributed by atoms with Crippen LogP contribution in [-0.4, -0.2) is 15.9 Å². The molecular formula is C19H23FN6OS2. The number of nitrogens with two attached hydrogens (primary N) is 2. The first-order valence-corrected chi connectivity index (χ1v) is 10.6. The van der Waals surface area contributed by atoms with E-state index < -0.39 is 11.2 Å². The van der Waals surface area contributed by atoms with Gasteiger partial charge in [-0.1, -0.05) is 20.8 Å². The van der Waals surface area contributed by atoms with Crippen LogP contribution in [0.15, 0.2) is 17.5 Å². The normalized spacial score (nSPS) is 11.5. The summed E-state index contributed by atoms with van der Waals surface area (Å²) < 4.78 is 14.1. The fourth-order valence-electron chi connectivity index (χ4n) is 2.60. The molecule has 154 valence electrons. The summed E-state index contributed by atoms with van der Waals surface area (Å²) in [7, 11) is 0. The Labute approximate surface area is 176 Å². The van der Waals surface area contributed by atoms with Gasteiger partial charge in [0.05, 0.1) is 28.5 Å². The number of aromatic nitrogens is 2. The van der Waals surface area contributed by atoms with Gasteiger partial charge >= 0.3 is 0 Å². The third-order valence-corrected chi connectivity index (χ3v) is 6.24. The fourth-order valence-corrected chi connectivity index (χ4v) is 4.44. The van der Waals surface area contributed by atoms with E-state index in [9.17, 15) is 9.18 Å². The summed E-state index contributed by atoms with van der Waals surface area (Å²) in [6.07, 6.45) is 0. The van der Waals surface area contributed by atoms with E-state index in [1.165, 1.54) is 28.7 Å². The van der Waals surface area contributed by atoms with Gasteiger partial charge in [0.25, 0.3) is 0 Å². The predicted molar refractivity (Wildman–Crippen MR) is 117 cm³/mol. The van der Waals surface area contributed by atoms with E-state index in [0.717, 1.165) is 21.3 Å². The monoisotopic (exact) mass is 434 g/mol. The van der Waals surface area contributed by atoms with Crippen LogP contribution in [0.5, 0.6) is 0 Å². The second-order valence-electron chi connectivity index (χ2n) is 7.56. The zero-order chi connectivity index (χ0) is 21.3. The molecule has 0 aliphatic rings. The summed E-state index contributed by atoms with van der Waals surface area (Å²) in [5.74, 6) is 4.72. The standard InChI is InChI=1S/C19H23FN6OS2/c1-9-16(29-14(24-9)7-23-18(27)19(2,3)4)13-8-28-17(25-13)10-5-11(20)15(26-22)12(21)6-10/h5-6,8,26H,7,21-22H2,1-4H3,(H,23,27). The maximum Gasteiger partial charge on any atom is 0.225 e. The molecule has 2 aromatic heterocycles. The molecule has 7 nitrogen and oxygen atoms in total. The number of hydrazine groups is 1. The van der Waals surface area contributed by atoms with Gasteiger partial charge in [-0.05, 0) is 19.1 Å². The number of nitrogens with one attached hydrogen (secondary N) is 2. The highest BCUT2D eigenvalue weighted by Gasteiger charge is 2.21. The van der Waals surface area contributed by atoms with Gasteiger partial charge in [0.2, 0.25) is 5.91 Å². The Hall–Kier alpha value is -2.56. The molecule has 1 aromatic carbocycles. The van der Waals surface area contributed by atoms with Crippen LogP contribution in [0.25, 0.3) is 21.1 Å². The number of hydrogen-bond donors (Lipinski definition) is 4. The van der Waals surface area contributed by atoms with Crippen molar-refractivity contribution in [1.29, 1.82) is 0 Å². The van der Waals surface area contributed by atoms with Gasteiger partial charge in [0.15, 0.2) is 0 Å². The molecule has 1 amide bonds. The number of halogens is 1. The molecule has 2 heterocycles. The first kappa shape index (κ1) is 21.2. The summed E-state index contributed by atoms with van der Waals surface area (Å²) in [4.78, 5) is 22.1. The number of nitrogen functional groups attached to an aromatic ring is 2. The van der Waals surface area contributed by atoms with Crippen LogP contribution in [0, 0.1) is 18.2 Å². The Morgan fingerprint density at radius 3 is 2.62 bits per heavy atom. The average molecular weight is 435 g/mol. The Morgan fingerprint density at radius 2 is 2.00 bits per heavy atom. The number of rotatable bonds is 5. The van der Waals surface area contributed by atoms with Crippen molar-refractivity contribution in [3.05, 3.63) is 34.0 Å². The fraction of sp³-hybridized carbons (Fsp3) is 0.316. The van der Waals surface area contributed by atoms with Crippen LogP contribution in [0.4, 0.5) is 15.8 Å². The van der Waals surface area contributed by atoms with Crippen LogP contribution in [0.3, 0.4) is 0 Å². The lowest BCUT2D eigenvalue weighted by Crippen LogP contribution is -2.34. The van der Waals surface area contributed by atoms with Crippen LogP contribution < -0.4 is 22.3 Å². The number of hydrogen-bond acceptors (Lipinski definition) is 8. The first-order valence-electron chi connectivity index (χ1n) is 8.86. The van der Waals surface area contributed by atoms with Gasteiger partial charge in [-0.15, -0.1) is 22.7 Å². The largest absolute Gasteiger partial charge is 0.397 e. The Bertz CT molecular complexity index is 1030. The molecule has 0 aliphatic carbocycles. The Balaban J connectivity index is 1.82. The summed E-state index contributed by atoms with van der Waals surface area (Å²) in [5, 5.41) is 6.25. The number of aryl methyl sites for hydroxylation is 1. The minimum atomic E-state index is -0.537. The summed E-state index contributed by atoms with van der Waals surface area (Å²) in [6.45, 7) is 7.86. The number of anilines is 2. The smallest absolute Gasteiger partial charge is 0.225 e. The molecule has 0 fully saturated rings. The molecule has 3 aromatic rings. The highest BCUT2D eigenvalue weighted by molar-refractivity contribution is 7.16. The zero-order valence-corrected chi connectivity index (χ0v) is 18.2. The van der Waals surface area contributed by atoms with E-state index in [1.807, 2.05) is 33.1 Å². The summed E-state index contributed by atoms with van der Waals surface area (Å²) >= 11 is 2.87. The van der Waals surface area contributed by atoms with Crippen molar-refractivity contribution in [3.8, 4) is 21.1 Å². The number of thiazole rings is 2. The molecule has 29 heavy (non-hydrogen) atoms. The molecule has 0 saturated carbocycles. The van der Waals surface area contributed by atoms with Crippen molar-refractivity contribution in [1.82, 2.24) is 15.3 Å². The van der Waals surface area contributed by atoms with Crippen LogP contribution in [0.2, 0.25) is 0 Å². The van der Waals surface area contributed by atoms with Gasteiger partial charge in [0, 0.05) is 16.4 Å². The SMILES string of the molecule is Cc1nc(CNC(=O)C(C)(C)C)sc1-c1csc(-c2cc(N)c(NN)c(F)c2)n1. The third kappa shape index (κ3) is 4.55. The van der Waals surface area contributed by atoms with E-state index in [0.29, 0.717) is 17.1 Å². The van der Waals surface area contributed by atoms with Crippen molar-refractivity contribution >= 4 is 40.0 Å². The van der Waals surface area contributed by atoms with E-state index in [-0.39, 0.29) is 17.3 Å². The van der Waals surface area contributed by atoms with Gasteiger partial charge in [-0.25, -0.2) is 14.4 Å². The second kappa shape index (κ2) is 8.05. The van der Waals surface area contributed by atoms with Gasteiger partial charge in [-0.2, -0.15) is 0 Å². The number of amides is 1. The molecule has 6 N–H and O–H groups in total. The molecule has 0 atom stereocenters. The average Bonchev–Trinajstić information content (AvgIpc) is 3.25. The summed E-state index contributed by atoms with van der Waals surface area (Å²) in [5.41, 5.74) is 10.1. The molecule has 0 radical (unpaired) electrons. The van der Waals surface area contributed by atoms with Crippen molar-refractivity contribution in [2.75, 3.05) is 11.2 Å². The number of carbonyl (C=O) groups is 1. The van der Waals surface area contributed by atoms with Crippen LogP contribution in [-0.2, 0) is 11.3 Å². The Morgan fingerprint density at radius 1 is 1.28 bits per heavy atom. The number of benzene rings is 1. The van der Waals surface area contributed by atoms with Crippen LogP contribution in [0.1, 0.15) is 31.5 Å². The molecule has 0 aliphatic heterocycles. The maximum absolute atomic E-state index is 14.1. The third-order valence-electron chi connectivity index (χ3n) is 4.17.